The Hall–Kier alpha value is -3.28. The summed E-state index contributed by atoms with van der Waals surface area (Å²) in [5.74, 6) is 2.34. The molecule has 162 valence electrons. The largest absolute Gasteiger partial charge is 0.497 e. The first-order valence-corrected chi connectivity index (χ1v) is 9.96. The highest BCUT2D eigenvalue weighted by Crippen LogP contribution is 2.34. The van der Waals surface area contributed by atoms with Crippen LogP contribution in [0.3, 0.4) is 0 Å². The number of ether oxygens (including phenoxy) is 5. The monoisotopic (exact) mass is 420 g/mol. The first-order chi connectivity index (χ1) is 15.2. The molecule has 0 saturated carbocycles. The maximum atomic E-state index is 5.54. The Balaban J connectivity index is 2.05. The van der Waals surface area contributed by atoms with E-state index in [4.69, 9.17) is 23.7 Å². The number of methoxy groups -OCH3 is 3. The third-order valence-electron chi connectivity index (χ3n) is 4.85. The molecule has 0 aromatic heterocycles. The van der Waals surface area contributed by atoms with Crippen LogP contribution in [0.1, 0.15) is 23.6 Å². The fourth-order valence-electron chi connectivity index (χ4n) is 3.29. The van der Waals surface area contributed by atoms with Gasteiger partial charge < -0.3 is 23.7 Å². The lowest BCUT2D eigenvalue weighted by Gasteiger charge is -2.16. The maximum Gasteiger partial charge on any atom is 0.188 e. The van der Waals surface area contributed by atoms with Crippen molar-refractivity contribution in [3.8, 4) is 17.2 Å². The van der Waals surface area contributed by atoms with Gasteiger partial charge in [-0.3, -0.25) is 0 Å². The third-order valence-corrected chi connectivity index (χ3v) is 4.85. The smallest absolute Gasteiger partial charge is 0.188 e. The standard InChI is InChI=1S/C26H28O5/c1-19(22-6-5-7-25(16-22)29-4)26(20-8-12-23(13-9-20)30-17-27-2)21-10-14-24(15-11-21)31-18-28-3/h5-16H,17-18H2,1-4H3. The van der Waals surface area contributed by atoms with Gasteiger partial charge in [0.25, 0.3) is 0 Å². The van der Waals surface area contributed by atoms with E-state index in [1.54, 1.807) is 21.3 Å². The van der Waals surface area contributed by atoms with E-state index >= 15 is 0 Å². The summed E-state index contributed by atoms with van der Waals surface area (Å²) >= 11 is 0. The Bertz CT molecular complexity index is 938. The summed E-state index contributed by atoms with van der Waals surface area (Å²) in [6.07, 6.45) is 0. The van der Waals surface area contributed by atoms with E-state index in [1.807, 2.05) is 42.5 Å². The number of rotatable bonds is 10. The zero-order chi connectivity index (χ0) is 22.1. The molecule has 0 saturated heterocycles. The Morgan fingerprint density at radius 1 is 0.613 bits per heavy atom. The Kier molecular flexibility index (Phi) is 8.10. The van der Waals surface area contributed by atoms with Gasteiger partial charge in [-0.05, 0) is 71.2 Å². The van der Waals surface area contributed by atoms with Gasteiger partial charge >= 0.3 is 0 Å². The molecular formula is C26H28O5. The maximum absolute atomic E-state index is 5.54. The van der Waals surface area contributed by atoms with Gasteiger partial charge in [-0.2, -0.15) is 0 Å². The minimum absolute atomic E-state index is 0.216. The Morgan fingerprint density at radius 2 is 1.13 bits per heavy atom. The molecule has 0 aliphatic heterocycles. The van der Waals surface area contributed by atoms with Gasteiger partial charge in [-0.25, -0.2) is 0 Å². The summed E-state index contributed by atoms with van der Waals surface area (Å²) in [7, 11) is 4.88. The van der Waals surface area contributed by atoms with Crippen LogP contribution in [0.2, 0.25) is 0 Å². The Morgan fingerprint density at radius 3 is 1.58 bits per heavy atom. The molecule has 0 atom stereocenters. The van der Waals surface area contributed by atoms with Crippen molar-refractivity contribution >= 4 is 11.1 Å². The molecule has 31 heavy (non-hydrogen) atoms. The summed E-state index contributed by atoms with van der Waals surface area (Å²) < 4.78 is 26.5. The zero-order valence-corrected chi connectivity index (χ0v) is 18.4. The molecule has 0 spiro atoms. The quantitative estimate of drug-likeness (QED) is 0.314. The van der Waals surface area contributed by atoms with Crippen molar-refractivity contribution in [2.24, 2.45) is 0 Å². The normalized spacial score (nSPS) is 10.5. The average Bonchev–Trinajstić information content (AvgIpc) is 2.83. The second-order valence-corrected chi connectivity index (χ2v) is 6.88. The van der Waals surface area contributed by atoms with Gasteiger partial charge in [0.1, 0.15) is 17.2 Å². The van der Waals surface area contributed by atoms with Gasteiger partial charge in [-0.15, -0.1) is 0 Å². The lowest BCUT2D eigenvalue weighted by atomic mass is 9.90. The highest BCUT2D eigenvalue weighted by atomic mass is 16.7. The molecule has 3 rings (SSSR count). The average molecular weight is 421 g/mol. The van der Waals surface area contributed by atoms with Crippen molar-refractivity contribution in [3.63, 3.8) is 0 Å². The van der Waals surface area contributed by atoms with E-state index in [-0.39, 0.29) is 13.6 Å². The molecule has 0 amide bonds. The summed E-state index contributed by atoms with van der Waals surface area (Å²) in [5.41, 5.74) is 5.50. The summed E-state index contributed by atoms with van der Waals surface area (Å²) in [5, 5.41) is 0. The minimum Gasteiger partial charge on any atom is -0.497 e. The Labute approximate surface area is 183 Å². The van der Waals surface area contributed by atoms with Crippen molar-refractivity contribution in [2.45, 2.75) is 6.92 Å². The van der Waals surface area contributed by atoms with Crippen LogP contribution in [0.15, 0.2) is 72.8 Å². The molecule has 0 aliphatic carbocycles. The predicted octanol–water partition coefficient (Wildman–Crippen LogP) is 5.64. The second kappa shape index (κ2) is 11.2. The highest BCUT2D eigenvalue weighted by molar-refractivity contribution is 5.98. The topological polar surface area (TPSA) is 46.2 Å². The van der Waals surface area contributed by atoms with E-state index in [2.05, 4.69) is 37.3 Å². The predicted molar refractivity (Wildman–Crippen MR) is 122 cm³/mol. The van der Waals surface area contributed by atoms with Crippen molar-refractivity contribution in [2.75, 3.05) is 34.9 Å². The molecule has 0 heterocycles. The number of hydrogen-bond donors (Lipinski definition) is 0. The third kappa shape index (κ3) is 5.87. The van der Waals surface area contributed by atoms with E-state index < -0.39 is 0 Å². The first-order valence-electron chi connectivity index (χ1n) is 9.96. The van der Waals surface area contributed by atoms with Crippen LogP contribution in [0.25, 0.3) is 11.1 Å². The highest BCUT2D eigenvalue weighted by Gasteiger charge is 2.12. The van der Waals surface area contributed by atoms with Gasteiger partial charge in [0.05, 0.1) is 7.11 Å². The fourth-order valence-corrected chi connectivity index (χ4v) is 3.29. The summed E-state index contributed by atoms with van der Waals surface area (Å²) in [4.78, 5) is 0. The van der Waals surface area contributed by atoms with E-state index in [9.17, 15) is 0 Å². The molecule has 5 heteroatoms. The molecule has 0 radical (unpaired) electrons. The van der Waals surface area contributed by atoms with Gasteiger partial charge in [0.2, 0.25) is 0 Å². The van der Waals surface area contributed by atoms with Gasteiger partial charge in [0, 0.05) is 14.2 Å². The number of hydrogen-bond acceptors (Lipinski definition) is 5. The molecule has 0 unspecified atom stereocenters. The van der Waals surface area contributed by atoms with Crippen molar-refractivity contribution < 1.29 is 23.7 Å². The van der Waals surface area contributed by atoms with Crippen LogP contribution in [-0.4, -0.2) is 34.9 Å². The van der Waals surface area contributed by atoms with E-state index in [0.29, 0.717) is 0 Å². The molecule has 0 fully saturated rings. The molecule has 0 N–H and O–H groups in total. The van der Waals surface area contributed by atoms with Crippen LogP contribution in [0.5, 0.6) is 17.2 Å². The first kappa shape index (κ1) is 22.4. The van der Waals surface area contributed by atoms with Crippen molar-refractivity contribution in [1.29, 1.82) is 0 Å². The second-order valence-electron chi connectivity index (χ2n) is 6.88. The van der Waals surface area contributed by atoms with Crippen LogP contribution >= 0.6 is 0 Å². The van der Waals surface area contributed by atoms with E-state index in [1.165, 1.54) is 0 Å². The van der Waals surface area contributed by atoms with Gasteiger partial charge in [0.15, 0.2) is 13.6 Å². The van der Waals surface area contributed by atoms with Crippen molar-refractivity contribution in [1.82, 2.24) is 0 Å². The lowest BCUT2D eigenvalue weighted by Crippen LogP contribution is -2.00. The minimum atomic E-state index is 0.216. The summed E-state index contributed by atoms with van der Waals surface area (Å²) in [6, 6.07) is 24.1. The number of benzene rings is 3. The molecule has 3 aromatic rings. The summed E-state index contributed by atoms with van der Waals surface area (Å²) in [6.45, 7) is 2.55. The van der Waals surface area contributed by atoms with Crippen LogP contribution in [0.4, 0.5) is 0 Å². The van der Waals surface area contributed by atoms with E-state index in [0.717, 1.165) is 45.1 Å². The molecule has 0 aliphatic rings. The molecular weight excluding hydrogens is 392 g/mol. The van der Waals surface area contributed by atoms with Gasteiger partial charge in [-0.1, -0.05) is 36.4 Å². The lowest BCUT2D eigenvalue weighted by molar-refractivity contribution is 0.0509. The molecule has 0 bridgehead atoms. The zero-order valence-electron chi connectivity index (χ0n) is 18.4. The fraction of sp³-hybridized carbons (Fsp3) is 0.231. The molecule has 3 aromatic carbocycles. The SMILES string of the molecule is COCOc1ccc(C(=C(C)c2cccc(OC)c2)c2ccc(OCOC)cc2)cc1. The molecule has 5 nitrogen and oxygen atoms in total. The van der Waals surface area contributed by atoms with Crippen molar-refractivity contribution in [3.05, 3.63) is 89.5 Å². The number of allylic oxidation sites excluding steroid dienone is 1. The van der Waals surface area contributed by atoms with Crippen LogP contribution < -0.4 is 14.2 Å². The van der Waals surface area contributed by atoms with Crippen LogP contribution in [-0.2, 0) is 9.47 Å². The van der Waals surface area contributed by atoms with Crippen LogP contribution in [0, 0.1) is 0 Å².